The maximum atomic E-state index is 11.9. The van der Waals surface area contributed by atoms with Gasteiger partial charge in [0.15, 0.2) is 0 Å². The SMILES string of the molecule is O=C(CNS(=O)(=O)c1ccccc1)NCc1ccncc1. The molecule has 2 N–H and O–H groups in total. The van der Waals surface area contributed by atoms with Crippen molar-refractivity contribution in [1.82, 2.24) is 15.0 Å². The molecular formula is C14H15N3O3S. The van der Waals surface area contributed by atoms with Crippen LogP contribution in [0.4, 0.5) is 0 Å². The number of benzene rings is 1. The van der Waals surface area contributed by atoms with Gasteiger partial charge in [0.25, 0.3) is 0 Å². The summed E-state index contributed by atoms with van der Waals surface area (Å²) in [6.45, 7) is 0.0245. The first-order chi connectivity index (χ1) is 10.1. The summed E-state index contributed by atoms with van der Waals surface area (Å²) in [7, 11) is -3.66. The van der Waals surface area contributed by atoms with Gasteiger partial charge in [-0.1, -0.05) is 18.2 Å². The summed E-state index contributed by atoms with van der Waals surface area (Å²) >= 11 is 0. The Hall–Kier alpha value is -2.25. The number of carbonyl (C=O) groups excluding carboxylic acids is 1. The molecule has 1 aromatic heterocycles. The average molecular weight is 305 g/mol. The molecule has 0 unspecified atom stereocenters. The van der Waals surface area contributed by atoms with Gasteiger partial charge < -0.3 is 5.32 Å². The number of sulfonamides is 1. The third kappa shape index (κ3) is 4.66. The lowest BCUT2D eigenvalue weighted by Crippen LogP contribution is -2.36. The van der Waals surface area contributed by atoms with Gasteiger partial charge in [-0.2, -0.15) is 0 Å². The molecule has 110 valence electrons. The van der Waals surface area contributed by atoms with Crippen molar-refractivity contribution >= 4 is 15.9 Å². The largest absolute Gasteiger partial charge is 0.351 e. The topological polar surface area (TPSA) is 88.2 Å². The van der Waals surface area contributed by atoms with Crippen LogP contribution in [0.25, 0.3) is 0 Å². The van der Waals surface area contributed by atoms with E-state index in [1.54, 1.807) is 42.7 Å². The molecule has 0 bridgehead atoms. The molecule has 1 aromatic carbocycles. The summed E-state index contributed by atoms with van der Waals surface area (Å²) in [4.78, 5) is 15.6. The lowest BCUT2D eigenvalue weighted by atomic mass is 10.3. The summed E-state index contributed by atoms with van der Waals surface area (Å²) in [5.74, 6) is -0.397. The predicted octanol–water partition coefficient (Wildman–Crippen LogP) is 0.676. The van der Waals surface area contributed by atoms with Crippen molar-refractivity contribution in [2.75, 3.05) is 6.54 Å². The van der Waals surface area contributed by atoms with E-state index in [0.717, 1.165) is 5.56 Å². The molecule has 2 rings (SSSR count). The van der Waals surface area contributed by atoms with E-state index in [0.29, 0.717) is 6.54 Å². The molecule has 7 heteroatoms. The Morgan fingerprint density at radius 1 is 1.05 bits per heavy atom. The van der Waals surface area contributed by atoms with Gasteiger partial charge in [0.1, 0.15) is 0 Å². The molecule has 0 saturated carbocycles. The van der Waals surface area contributed by atoms with E-state index < -0.39 is 15.9 Å². The first-order valence-corrected chi connectivity index (χ1v) is 7.76. The number of nitrogens with zero attached hydrogens (tertiary/aromatic N) is 1. The fraction of sp³-hybridized carbons (Fsp3) is 0.143. The second kappa shape index (κ2) is 6.96. The number of hydrogen-bond donors (Lipinski definition) is 2. The number of nitrogens with one attached hydrogen (secondary N) is 2. The van der Waals surface area contributed by atoms with Gasteiger partial charge in [-0.25, -0.2) is 13.1 Å². The van der Waals surface area contributed by atoms with Crippen molar-refractivity contribution in [2.24, 2.45) is 0 Å². The molecule has 6 nitrogen and oxygen atoms in total. The smallest absolute Gasteiger partial charge is 0.241 e. The molecule has 0 spiro atoms. The van der Waals surface area contributed by atoms with Crippen LogP contribution in [0.5, 0.6) is 0 Å². The summed E-state index contributed by atoms with van der Waals surface area (Å²) in [5.41, 5.74) is 0.893. The Morgan fingerprint density at radius 2 is 1.71 bits per heavy atom. The van der Waals surface area contributed by atoms with E-state index >= 15 is 0 Å². The summed E-state index contributed by atoms with van der Waals surface area (Å²) in [6.07, 6.45) is 3.25. The monoisotopic (exact) mass is 305 g/mol. The Morgan fingerprint density at radius 3 is 2.38 bits per heavy atom. The van der Waals surface area contributed by atoms with E-state index in [1.807, 2.05) is 0 Å². The highest BCUT2D eigenvalue weighted by molar-refractivity contribution is 7.89. The maximum absolute atomic E-state index is 11.9. The van der Waals surface area contributed by atoms with E-state index in [-0.39, 0.29) is 11.4 Å². The highest BCUT2D eigenvalue weighted by Gasteiger charge is 2.14. The minimum atomic E-state index is -3.66. The third-order valence-electron chi connectivity index (χ3n) is 2.72. The zero-order valence-corrected chi connectivity index (χ0v) is 12.0. The normalized spacial score (nSPS) is 11.0. The standard InChI is InChI=1S/C14H15N3O3S/c18-14(16-10-12-6-8-15-9-7-12)11-17-21(19,20)13-4-2-1-3-5-13/h1-9,17H,10-11H2,(H,16,18). The van der Waals surface area contributed by atoms with Crippen LogP contribution in [0.2, 0.25) is 0 Å². The van der Waals surface area contributed by atoms with Crippen LogP contribution in [0.1, 0.15) is 5.56 Å². The zero-order chi connectivity index (χ0) is 15.1. The average Bonchev–Trinajstić information content (AvgIpc) is 2.53. The van der Waals surface area contributed by atoms with Crippen LogP contribution in [0.3, 0.4) is 0 Å². The van der Waals surface area contributed by atoms with Crippen LogP contribution in [0, 0.1) is 0 Å². The van der Waals surface area contributed by atoms with Crippen molar-refractivity contribution in [1.29, 1.82) is 0 Å². The van der Waals surface area contributed by atoms with E-state index in [4.69, 9.17) is 0 Å². The van der Waals surface area contributed by atoms with Crippen molar-refractivity contribution in [2.45, 2.75) is 11.4 Å². The molecule has 0 aliphatic rings. The molecule has 0 aliphatic carbocycles. The minimum Gasteiger partial charge on any atom is -0.351 e. The van der Waals surface area contributed by atoms with Gasteiger partial charge in [0.2, 0.25) is 15.9 Å². The van der Waals surface area contributed by atoms with Crippen molar-refractivity contribution < 1.29 is 13.2 Å². The molecule has 21 heavy (non-hydrogen) atoms. The lowest BCUT2D eigenvalue weighted by molar-refractivity contribution is -0.120. The number of amides is 1. The first-order valence-electron chi connectivity index (χ1n) is 6.28. The summed E-state index contributed by atoms with van der Waals surface area (Å²) in [5, 5.41) is 2.63. The zero-order valence-electron chi connectivity index (χ0n) is 11.2. The molecule has 1 amide bonds. The Kier molecular flexibility index (Phi) is 5.02. The quantitative estimate of drug-likeness (QED) is 0.821. The van der Waals surface area contributed by atoms with Crippen LogP contribution in [-0.2, 0) is 21.4 Å². The molecule has 1 heterocycles. The van der Waals surface area contributed by atoms with Crippen molar-refractivity contribution in [3.63, 3.8) is 0 Å². The fourth-order valence-corrected chi connectivity index (χ4v) is 2.61. The van der Waals surface area contributed by atoms with Gasteiger partial charge in [0.05, 0.1) is 11.4 Å². The molecule has 0 saturated heterocycles. The molecule has 0 fully saturated rings. The second-order valence-electron chi connectivity index (χ2n) is 4.27. The minimum absolute atomic E-state index is 0.131. The predicted molar refractivity (Wildman–Crippen MR) is 77.7 cm³/mol. The number of pyridine rings is 1. The molecule has 0 radical (unpaired) electrons. The van der Waals surface area contributed by atoms with Gasteiger partial charge in [-0.05, 0) is 29.8 Å². The van der Waals surface area contributed by atoms with Crippen LogP contribution < -0.4 is 10.0 Å². The summed E-state index contributed by atoms with van der Waals surface area (Å²) in [6, 6.07) is 11.5. The van der Waals surface area contributed by atoms with Crippen molar-refractivity contribution in [3.05, 3.63) is 60.4 Å². The Bertz CT molecular complexity index is 688. The number of rotatable bonds is 6. The number of hydrogen-bond acceptors (Lipinski definition) is 4. The van der Waals surface area contributed by atoms with Gasteiger partial charge in [-0.15, -0.1) is 0 Å². The fourth-order valence-electron chi connectivity index (χ4n) is 1.61. The Balaban J connectivity index is 1.84. The van der Waals surface area contributed by atoms with Gasteiger partial charge >= 0.3 is 0 Å². The Labute approximate surface area is 123 Å². The molecule has 2 aromatic rings. The lowest BCUT2D eigenvalue weighted by Gasteiger charge is -2.07. The van der Waals surface area contributed by atoms with Crippen LogP contribution in [-0.4, -0.2) is 25.9 Å². The van der Waals surface area contributed by atoms with Gasteiger partial charge in [-0.3, -0.25) is 9.78 Å². The first kappa shape index (κ1) is 15.1. The van der Waals surface area contributed by atoms with Crippen LogP contribution in [0.15, 0.2) is 59.8 Å². The number of carbonyl (C=O) groups is 1. The second-order valence-corrected chi connectivity index (χ2v) is 6.04. The summed E-state index contributed by atoms with van der Waals surface area (Å²) < 4.78 is 26.1. The van der Waals surface area contributed by atoms with Gasteiger partial charge in [0, 0.05) is 18.9 Å². The third-order valence-corrected chi connectivity index (χ3v) is 4.13. The van der Waals surface area contributed by atoms with Crippen molar-refractivity contribution in [3.8, 4) is 0 Å². The maximum Gasteiger partial charge on any atom is 0.241 e. The van der Waals surface area contributed by atoms with E-state index in [9.17, 15) is 13.2 Å². The highest BCUT2D eigenvalue weighted by atomic mass is 32.2. The number of aromatic nitrogens is 1. The molecule has 0 atom stereocenters. The van der Waals surface area contributed by atoms with Crippen LogP contribution >= 0.6 is 0 Å². The van der Waals surface area contributed by atoms with E-state index in [2.05, 4.69) is 15.0 Å². The van der Waals surface area contributed by atoms with E-state index in [1.165, 1.54) is 12.1 Å². The molecule has 0 aliphatic heterocycles. The molecular weight excluding hydrogens is 290 g/mol. The highest BCUT2D eigenvalue weighted by Crippen LogP contribution is 2.06.